The summed E-state index contributed by atoms with van der Waals surface area (Å²) in [5.74, 6) is 1.60. The number of aliphatic imine (C=N–C) groups is 1. The number of hydrogen-bond donors (Lipinski definition) is 1. The molecule has 0 atom stereocenters. The molecule has 144 valence electrons. The molecule has 1 aromatic carbocycles. The second kappa shape index (κ2) is 12.0. The number of rotatable bonds is 10. The molecule has 0 saturated carbocycles. The van der Waals surface area contributed by atoms with Crippen LogP contribution in [0.3, 0.4) is 0 Å². The van der Waals surface area contributed by atoms with E-state index in [2.05, 4.69) is 16.9 Å². The van der Waals surface area contributed by atoms with Crippen molar-refractivity contribution in [2.45, 2.75) is 27.3 Å². The third kappa shape index (κ3) is 6.78. The number of ether oxygens (including phenoxy) is 1. The SMILES string of the molecule is C=CCOc1ccccc1CN=C(NCC)N(C)CC(=O)N(CC)CC. The Labute approximate surface area is 157 Å². The number of amides is 1. The summed E-state index contributed by atoms with van der Waals surface area (Å²) >= 11 is 0. The van der Waals surface area contributed by atoms with Crippen LogP contribution in [0, 0.1) is 0 Å². The van der Waals surface area contributed by atoms with Crippen molar-refractivity contribution in [3.63, 3.8) is 0 Å². The second-order valence-electron chi connectivity index (χ2n) is 5.80. The van der Waals surface area contributed by atoms with Crippen molar-refractivity contribution in [2.24, 2.45) is 4.99 Å². The number of benzene rings is 1. The summed E-state index contributed by atoms with van der Waals surface area (Å²) in [6.45, 7) is 13.0. The van der Waals surface area contributed by atoms with Gasteiger partial charge in [-0.1, -0.05) is 30.9 Å². The highest BCUT2D eigenvalue weighted by atomic mass is 16.5. The number of nitrogens with zero attached hydrogens (tertiary/aromatic N) is 3. The molecular formula is C20H32N4O2. The molecule has 1 amide bonds. The molecule has 0 aliphatic rings. The first-order valence-electron chi connectivity index (χ1n) is 9.16. The zero-order valence-electron chi connectivity index (χ0n) is 16.5. The molecule has 0 fully saturated rings. The Kier molecular flexibility index (Phi) is 9.90. The van der Waals surface area contributed by atoms with Gasteiger partial charge in [0.15, 0.2) is 5.96 Å². The van der Waals surface area contributed by atoms with Gasteiger partial charge in [0.2, 0.25) is 5.91 Å². The van der Waals surface area contributed by atoms with E-state index in [4.69, 9.17) is 4.74 Å². The minimum atomic E-state index is 0.0952. The molecule has 6 nitrogen and oxygen atoms in total. The monoisotopic (exact) mass is 360 g/mol. The van der Waals surface area contributed by atoms with Crippen molar-refractivity contribution >= 4 is 11.9 Å². The third-order valence-electron chi connectivity index (χ3n) is 3.91. The van der Waals surface area contributed by atoms with Crippen LogP contribution in [0.4, 0.5) is 0 Å². The maximum atomic E-state index is 12.3. The standard InChI is InChI=1S/C20H32N4O2/c1-6-14-26-18-13-11-10-12-17(18)15-22-20(21-7-2)23(5)16-19(25)24(8-3)9-4/h6,10-13H,1,7-9,14-16H2,2-5H3,(H,21,22). The van der Waals surface area contributed by atoms with E-state index in [9.17, 15) is 4.79 Å². The Morgan fingerprint density at radius 1 is 1.27 bits per heavy atom. The van der Waals surface area contributed by atoms with Crippen LogP contribution in [0.15, 0.2) is 41.9 Å². The van der Waals surface area contributed by atoms with Crippen LogP contribution in [-0.2, 0) is 11.3 Å². The van der Waals surface area contributed by atoms with Crippen molar-refractivity contribution in [1.29, 1.82) is 0 Å². The van der Waals surface area contributed by atoms with Gasteiger partial charge in [-0.2, -0.15) is 0 Å². The highest BCUT2D eigenvalue weighted by Crippen LogP contribution is 2.19. The Bertz CT molecular complexity index is 597. The number of hydrogen-bond acceptors (Lipinski definition) is 3. The molecule has 1 N–H and O–H groups in total. The predicted molar refractivity (Wildman–Crippen MR) is 108 cm³/mol. The molecule has 0 aliphatic heterocycles. The summed E-state index contributed by atoms with van der Waals surface area (Å²) < 4.78 is 5.68. The predicted octanol–water partition coefficient (Wildman–Crippen LogP) is 2.52. The first kappa shape index (κ1) is 21.5. The minimum absolute atomic E-state index is 0.0952. The fourth-order valence-electron chi connectivity index (χ4n) is 2.51. The number of carbonyl (C=O) groups excluding carboxylic acids is 1. The van der Waals surface area contributed by atoms with E-state index in [0.29, 0.717) is 38.7 Å². The lowest BCUT2D eigenvalue weighted by atomic mass is 10.2. The molecule has 0 saturated heterocycles. The topological polar surface area (TPSA) is 57.2 Å². The smallest absolute Gasteiger partial charge is 0.242 e. The van der Waals surface area contributed by atoms with E-state index in [1.807, 2.05) is 61.9 Å². The summed E-state index contributed by atoms with van der Waals surface area (Å²) in [5.41, 5.74) is 0.994. The van der Waals surface area contributed by atoms with E-state index in [1.54, 1.807) is 6.08 Å². The Morgan fingerprint density at radius 2 is 1.96 bits per heavy atom. The number of carbonyl (C=O) groups is 1. The van der Waals surface area contributed by atoms with Crippen molar-refractivity contribution in [2.75, 3.05) is 39.8 Å². The fraction of sp³-hybridized carbons (Fsp3) is 0.500. The van der Waals surface area contributed by atoms with Crippen LogP contribution < -0.4 is 10.1 Å². The lowest BCUT2D eigenvalue weighted by Crippen LogP contribution is -2.45. The van der Waals surface area contributed by atoms with Gasteiger partial charge in [-0.3, -0.25) is 4.79 Å². The van der Waals surface area contributed by atoms with Gasteiger partial charge >= 0.3 is 0 Å². The largest absolute Gasteiger partial charge is 0.489 e. The quantitative estimate of drug-likeness (QED) is 0.396. The van der Waals surface area contributed by atoms with E-state index in [0.717, 1.165) is 17.9 Å². The van der Waals surface area contributed by atoms with Crippen LogP contribution >= 0.6 is 0 Å². The van der Waals surface area contributed by atoms with Gasteiger partial charge in [0.25, 0.3) is 0 Å². The maximum Gasteiger partial charge on any atom is 0.242 e. The molecule has 0 unspecified atom stereocenters. The molecular weight excluding hydrogens is 328 g/mol. The lowest BCUT2D eigenvalue weighted by molar-refractivity contribution is -0.131. The van der Waals surface area contributed by atoms with Crippen LogP contribution in [0.2, 0.25) is 0 Å². The van der Waals surface area contributed by atoms with Gasteiger partial charge < -0.3 is 19.9 Å². The maximum absolute atomic E-state index is 12.3. The second-order valence-corrected chi connectivity index (χ2v) is 5.80. The van der Waals surface area contributed by atoms with Gasteiger partial charge in [-0.15, -0.1) is 0 Å². The summed E-state index contributed by atoms with van der Waals surface area (Å²) in [4.78, 5) is 20.7. The Morgan fingerprint density at radius 3 is 2.58 bits per heavy atom. The molecule has 0 bridgehead atoms. The Hall–Kier alpha value is -2.50. The van der Waals surface area contributed by atoms with Gasteiger partial charge in [0.05, 0.1) is 13.1 Å². The van der Waals surface area contributed by atoms with E-state index < -0.39 is 0 Å². The van der Waals surface area contributed by atoms with E-state index in [1.165, 1.54) is 0 Å². The summed E-state index contributed by atoms with van der Waals surface area (Å²) in [7, 11) is 1.88. The molecule has 0 heterocycles. The number of nitrogens with one attached hydrogen (secondary N) is 1. The number of guanidine groups is 1. The Balaban J connectivity index is 2.85. The van der Waals surface area contributed by atoms with Crippen LogP contribution in [0.5, 0.6) is 5.75 Å². The zero-order valence-corrected chi connectivity index (χ0v) is 16.5. The summed E-state index contributed by atoms with van der Waals surface area (Å²) in [5, 5.41) is 3.24. The van der Waals surface area contributed by atoms with Crippen molar-refractivity contribution in [3.05, 3.63) is 42.5 Å². The molecule has 1 rings (SSSR count). The van der Waals surface area contributed by atoms with Crippen molar-refractivity contribution < 1.29 is 9.53 Å². The fourth-order valence-corrected chi connectivity index (χ4v) is 2.51. The normalized spacial score (nSPS) is 11.0. The van der Waals surface area contributed by atoms with Crippen LogP contribution in [0.1, 0.15) is 26.3 Å². The molecule has 0 aromatic heterocycles. The minimum Gasteiger partial charge on any atom is -0.489 e. The third-order valence-corrected chi connectivity index (χ3v) is 3.91. The highest BCUT2D eigenvalue weighted by molar-refractivity contribution is 5.86. The first-order chi connectivity index (χ1) is 12.6. The molecule has 0 spiro atoms. The molecule has 1 aromatic rings. The van der Waals surface area contributed by atoms with Gasteiger partial charge in [-0.25, -0.2) is 4.99 Å². The van der Waals surface area contributed by atoms with Crippen LogP contribution in [-0.4, -0.2) is 61.5 Å². The van der Waals surface area contributed by atoms with Gasteiger partial charge in [0, 0.05) is 32.2 Å². The average Bonchev–Trinajstić information content (AvgIpc) is 2.65. The van der Waals surface area contributed by atoms with Gasteiger partial charge in [0.1, 0.15) is 12.4 Å². The number of likely N-dealkylation sites (N-methyl/N-ethyl adjacent to an activating group) is 2. The average molecular weight is 361 g/mol. The molecule has 6 heteroatoms. The summed E-state index contributed by atoms with van der Waals surface area (Å²) in [6.07, 6.45) is 1.72. The first-order valence-corrected chi connectivity index (χ1v) is 9.16. The lowest BCUT2D eigenvalue weighted by Gasteiger charge is -2.25. The zero-order chi connectivity index (χ0) is 19.4. The van der Waals surface area contributed by atoms with E-state index >= 15 is 0 Å². The van der Waals surface area contributed by atoms with Crippen LogP contribution in [0.25, 0.3) is 0 Å². The van der Waals surface area contributed by atoms with Gasteiger partial charge in [-0.05, 0) is 26.8 Å². The highest BCUT2D eigenvalue weighted by Gasteiger charge is 2.15. The van der Waals surface area contributed by atoms with E-state index in [-0.39, 0.29) is 5.91 Å². The molecule has 0 aliphatic carbocycles. The van der Waals surface area contributed by atoms with Crippen molar-refractivity contribution in [1.82, 2.24) is 15.1 Å². The summed E-state index contributed by atoms with van der Waals surface area (Å²) in [6, 6.07) is 7.82. The molecule has 0 radical (unpaired) electrons. The van der Waals surface area contributed by atoms with Crippen molar-refractivity contribution in [3.8, 4) is 5.75 Å². The number of para-hydroxylation sites is 1. The molecule has 26 heavy (non-hydrogen) atoms.